The van der Waals surface area contributed by atoms with Crippen molar-refractivity contribution >= 4 is 51.5 Å². The van der Waals surface area contributed by atoms with E-state index in [4.69, 9.17) is 23.2 Å². The van der Waals surface area contributed by atoms with Gasteiger partial charge in [-0.2, -0.15) is 10.2 Å². The minimum absolute atomic E-state index is 0.240. The standard InChI is InChI=1S/C21H16Cl2N4O2/c22-16-3-1-14(2-4-16)13-26(19-9-10-20-15(11-19)12-24-25-20)21(28)27(29)18-7-5-17(23)6-8-18/h1-12,29H,13H2,(H,24,25). The van der Waals surface area contributed by atoms with Crippen LogP contribution in [0.25, 0.3) is 10.9 Å². The quantitative estimate of drug-likeness (QED) is 0.315. The first kappa shape index (κ1) is 19.3. The number of aromatic nitrogens is 2. The fourth-order valence-corrected chi connectivity index (χ4v) is 3.20. The molecule has 0 spiro atoms. The van der Waals surface area contributed by atoms with E-state index >= 15 is 0 Å². The summed E-state index contributed by atoms with van der Waals surface area (Å²) >= 11 is 11.9. The van der Waals surface area contributed by atoms with Crippen LogP contribution >= 0.6 is 23.2 Å². The van der Waals surface area contributed by atoms with E-state index in [0.29, 0.717) is 26.5 Å². The van der Waals surface area contributed by atoms with Crippen LogP contribution in [-0.4, -0.2) is 21.4 Å². The van der Waals surface area contributed by atoms with E-state index < -0.39 is 6.03 Å². The second kappa shape index (κ2) is 8.13. The fourth-order valence-electron chi connectivity index (χ4n) is 2.95. The number of hydroxylamine groups is 1. The number of H-pyrrole nitrogens is 1. The van der Waals surface area contributed by atoms with Crippen LogP contribution in [0, 0.1) is 0 Å². The number of nitrogens with one attached hydrogen (secondary N) is 1. The number of halogens is 2. The molecule has 0 bridgehead atoms. The molecule has 146 valence electrons. The topological polar surface area (TPSA) is 72.5 Å². The maximum absolute atomic E-state index is 13.2. The normalized spacial score (nSPS) is 10.9. The van der Waals surface area contributed by atoms with Crippen LogP contribution in [0.2, 0.25) is 10.0 Å². The number of aromatic amines is 1. The van der Waals surface area contributed by atoms with Gasteiger partial charge in [-0.25, -0.2) is 4.79 Å². The van der Waals surface area contributed by atoms with Gasteiger partial charge in [-0.1, -0.05) is 35.3 Å². The van der Waals surface area contributed by atoms with Crippen LogP contribution in [-0.2, 0) is 6.54 Å². The number of benzene rings is 3. The number of carbonyl (C=O) groups is 1. The molecule has 0 aliphatic rings. The van der Waals surface area contributed by atoms with Crippen LogP contribution in [0.5, 0.6) is 0 Å². The van der Waals surface area contributed by atoms with Gasteiger partial charge in [-0.05, 0) is 60.2 Å². The summed E-state index contributed by atoms with van der Waals surface area (Å²) in [4.78, 5) is 14.7. The molecule has 0 saturated carbocycles. The molecule has 1 aromatic heterocycles. The first-order valence-corrected chi connectivity index (χ1v) is 9.50. The number of hydrogen-bond donors (Lipinski definition) is 2. The summed E-state index contributed by atoms with van der Waals surface area (Å²) in [5, 5.41) is 20.0. The summed E-state index contributed by atoms with van der Waals surface area (Å²) in [6, 6.07) is 18.4. The van der Waals surface area contributed by atoms with E-state index in [0.717, 1.165) is 16.5 Å². The molecule has 0 saturated heterocycles. The Labute approximate surface area is 176 Å². The maximum atomic E-state index is 13.2. The predicted octanol–water partition coefficient (Wildman–Crippen LogP) is 5.89. The molecule has 0 atom stereocenters. The zero-order valence-corrected chi connectivity index (χ0v) is 16.6. The number of rotatable bonds is 4. The predicted molar refractivity (Wildman–Crippen MR) is 115 cm³/mol. The number of amides is 2. The second-order valence-electron chi connectivity index (χ2n) is 6.42. The van der Waals surface area contributed by atoms with Gasteiger partial charge in [-0.3, -0.25) is 15.2 Å². The number of hydrogen-bond acceptors (Lipinski definition) is 3. The third kappa shape index (κ3) is 4.19. The molecule has 6 nitrogen and oxygen atoms in total. The largest absolute Gasteiger partial charge is 0.353 e. The lowest BCUT2D eigenvalue weighted by molar-refractivity contribution is 0.210. The van der Waals surface area contributed by atoms with E-state index in [1.54, 1.807) is 48.7 Å². The van der Waals surface area contributed by atoms with Gasteiger partial charge < -0.3 is 0 Å². The van der Waals surface area contributed by atoms with E-state index in [2.05, 4.69) is 10.2 Å². The first-order valence-electron chi connectivity index (χ1n) is 8.75. The van der Waals surface area contributed by atoms with Crippen LogP contribution < -0.4 is 9.96 Å². The molecular weight excluding hydrogens is 411 g/mol. The average Bonchev–Trinajstić information content (AvgIpc) is 3.21. The lowest BCUT2D eigenvalue weighted by Gasteiger charge is -2.27. The highest BCUT2D eigenvalue weighted by Crippen LogP contribution is 2.26. The van der Waals surface area contributed by atoms with E-state index in [1.807, 2.05) is 24.3 Å². The van der Waals surface area contributed by atoms with Crippen LogP contribution in [0.3, 0.4) is 0 Å². The summed E-state index contributed by atoms with van der Waals surface area (Å²) in [6.45, 7) is 0.240. The van der Waals surface area contributed by atoms with Crippen LogP contribution in [0.15, 0.2) is 72.9 Å². The lowest BCUT2D eigenvalue weighted by atomic mass is 10.1. The molecule has 2 amide bonds. The lowest BCUT2D eigenvalue weighted by Crippen LogP contribution is -2.41. The number of nitrogens with zero attached hydrogens (tertiary/aromatic N) is 3. The smallest absolute Gasteiger partial charge is 0.288 e. The van der Waals surface area contributed by atoms with Gasteiger partial charge >= 0.3 is 6.03 Å². The second-order valence-corrected chi connectivity index (χ2v) is 7.30. The number of fused-ring (bicyclic) bond motifs is 1. The highest BCUT2D eigenvalue weighted by molar-refractivity contribution is 6.30. The Hall–Kier alpha value is -3.06. The molecule has 2 N–H and O–H groups in total. The Morgan fingerprint density at radius 3 is 2.24 bits per heavy atom. The third-order valence-electron chi connectivity index (χ3n) is 4.47. The van der Waals surface area contributed by atoms with Crippen LogP contribution in [0.4, 0.5) is 16.2 Å². The SMILES string of the molecule is O=C(N(O)c1ccc(Cl)cc1)N(Cc1ccc(Cl)cc1)c1ccc2[nH]ncc2c1. The number of carbonyl (C=O) groups excluding carboxylic acids is 1. The molecule has 1 heterocycles. The summed E-state index contributed by atoms with van der Waals surface area (Å²) < 4.78 is 0. The van der Waals surface area contributed by atoms with Gasteiger partial charge in [0.1, 0.15) is 0 Å². The third-order valence-corrected chi connectivity index (χ3v) is 4.98. The van der Waals surface area contributed by atoms with E-state index in [1.165, 1.54) is 4.90 Å². The van der Waals surface area contributed by atoms with Crippen molar-refractivity contribution in [2.24, 2.45) is 0 Å². The number of anilines is 2. The molecular formula is C21H16Cl2N4O2. The highest BCUT2D eigenvalue weighted by atomic mass is 35.5. The summed E-state index contributed by atoms with van der Waals surface area (Å²) in [7, 11) is 0. The molecule has 4 rings (SSSR count). The molecule has 0 radical (unpaired) electrons. The average molecular weight is 427 g/mol. The van der Waals surface area contributed by atoms with Gasteiger partial charge in [0.25, 0.3) is 0 Å². The van der Waals surface area contributed by atoms with Crippen molar-refractivity contribution in [3.05, 3.63) is 88.5 Å². The molecule has 0 aliphatic carbocycles. The maximum Gasteiger partial charge on any atom is 0.353 e. The summed E-state index contributed by atoms with van der Waals surface area (Å²) in [5.41, 5.74) is 2.64. The van der Waals surface area contributed by atoms with Gasteiger partial charge in [0.15, 0.2) is 0 Å². The van der Waals surface area contributed by atoms with Crippen molar-refractivity contribution in [3.63, 3.8) is 0 Å². The van der Waals surface area contributed by atoms with Crippen molar-refractivity contribution < 1.29 is 10.0 Å². The van der Waals surface area contributed by atoms with Crippen molar-refractivity contribution in [2.75, 3.05) is 9.96 Å². The van der Waals surface area contributed by atoms with Gasteiger partial charge in [0.05, 0.1) is 23.9 Å². The first-order chi connectivity index (χ1) is 14.0. The Kier molecular flexibility index (Phi) is 5.40. The zero-order valence-electron chi connectivity index (χ0n) is 15.1. The Morgan fingerprint density at radius 2 is 1.55 bits per heavy atom. The van der Waals surface area contributed by atoms with Crippen molar-refractivity contribution in [1.29, 1.82) is 0 Å². The van der Waals surface area contributed by atoms with E-state index in [-0.39, 0.29) is 6.54 Å². The zero-order chi connectivity index (χ0) is 20.4. The molecule has 0 fully saturated rings. The minimum Gasteiger partial charge on any atom is -0.288 e. The monoisotopic (exact) mass is 426 g/mol. The van der Waals surface area contributed by atoms with Crippen molar-refractivity contribution in [3.8, 4) is 0 Å². The molecule has 4 aromatic rings. The highest BCUT2D eigenvalue weighted by Gasteiger charge is 2.23. The molecule has 0 unspecified atom stereocenters. The molecule has 8 heteroatoms. The Morgan fingerprint density at radius 1 is 0.931 bits per heavy atom. The van der Waals surface area contributed by atoms with Gasteiger partial charge in [0, 0.05) is 21.1 Å². The van der Waals surface area contributed by atoms with Crippen LogP contribution in [0.1, 0.15) is 5.56 Å². The van der Waals surface area contributed by atoms with Crippen molar-refractivity contribution in [2.45, 2.75) is 6.54 Å². The Bertz CT molecular complexity index is 1140. The van der Waals surface area contributed by atoms with Gasteiger partial charge in [0.2, 0.25) is 0 Å². The summed E-state index contributed by atoms with van der Waals surface area (Å²) in [5.74, 6) is 0. The molecule has 0 aliphatic heterocycles. The number of urea groups is 1. The van der Waals surface area contributed by atoms with E-state index in [9.17, 15) is 10.0 Å². The van der Waals surface area contributed by atoms with Crippen molar-refractivity contribution in [1.82, 2.24) is 10.2 Å². The Balaban J connectivity index is 1.70. The van der Waals surface area contributed by atoms with Gasteiger partial charge in [-0.15, -0.1) is 0 Å². The summed E-state index contributed by atoms with van der Waals surface area (Å²) in [6.07, 6.45) is 1.68. The molecule has 3 aromatic carbocycles. The fraction of sp³-hybridized carbons (Fsp3) is 0.0476. The molecule has 29 heavy (non-hydrogen) atoms. The minimum atomic E-state index is -0.606.